The second-order valence-electron chi connectivity index (χ2n) is 13.6. The van der Waals surface area contributed by atoms with Crippen LogP contribution in [-0.2, 0) is 45.8 Å². The lowest BCUT2D eigenvalue weighted by Crippen LogP contribution is -3.00. The van der Waals surface area contributed by atoms with Crippen molar-refractivity contribution in [3.05, 3.63) is 118 Å². The van der Waals surface area contributed by atoms with Gasteiger partial charge in [0.25, 0.3) is 0 Å². The summed E-state index contributed by atoms with van der Waals surface area (Å²) in [5, 5.41) is 1.25. The summed E-state index contributed by atoms with van der Waals surface area (Å²) in [6.07, 6.45) is -18.8. The number of carbonyl (C=O) groups is 2. The molecule has 0 heterocycles. The highest BCUT2D eigenvalue weighted by Gasteiger charge is 2.40. The van der Waals surface area contributed by atoms with Crippen molar-refractivity contribution in [3.8, 4) is 22.6 Å². The number of hydrogen-bond donors (Lipinski definition) is 2. The molecule has 0 spiro atoms. The Morgan fingerprint density at radius 1 is 0.746 bits per heavy atom. The molecule has 0 aliphatic heterocycles. The minimum absolute atomic E-state index is 0. The van der Waals surface area contributed by atoms with E-state index in [1.165, 1.54) is 49.7 Å². The smallest absolute Gasteiger partial charge is 0.514 e. The van der Waals surface area contributed by atoms with E-state index in [0.717, 1.165) is 31.4 Å². The Kier molecular flexibility index (Phi) is 15.8. The molecule has 3 atom stereocenters. The maximum atomic E-state index is 14.9. The second kappa shape index (κ2) is 19.3. The molecule has 19 heteroatoms. The standard InChI is InChI=1S/C40H38F10N2O6.ClH/c1-20(2)30-17-31(34(55-4)18-32(30)41)29-11-8-25(38(42,43)44)15-24(29)19-52-21(3)35(23-13-26(39(45,46)47)16-27(14-23)40(48,49)50)58-37(54)57-28-9-6-22(7-10-28)12-33(51)36(53)56-5;/h6-11,13-18,20-21,33,35,52H,12,19,51H2,1-5H3;1H/t21-,33-,35-;/m0./s1. The van der Waals surface area contributed by atoms with Crippen LogP contribution >= 0.6 is 0 Å². The first-order valence-electron chi connectivity index (χ1n) is 17.4. The van der Waals surface area contributed by atoms with Gasteiger partial charge in [-0.3, -0.25) is 4.79 Å². The van der Waals surface area contributed by atoms with E-state index < -0.39 is 83.5 Å². The van der Waals surface area contributed by atoms with Crippen LogP contribution in [-0.4, -0.2) is 38.4 Å². The van der Waals surface area contributed by atoms with Crippen molar-refractivity contribution in [1.82, 2.24) is 0 Å². The molecule has 0 saturated carbocycles. The minimum atomic E-state index is -5.28. The first-order valence-corrected chi connectivity index (χ1v) is 17.4. The predicted octanol–water partition coefficient (Wildman–Crippen LogP) is 6.14. The molecule has 0 aliphatic carbocycles. The molecule has 0 fully saturated rings. The van der Waals surface area contributed by atoms with Gasteiger partial charge in [-0.05, 0) is 90.0 Å². The molecular weight excluding hydrogens is 830 g/mol. The van der Waals surface area contributed by atoms with Crippen LogP contribution in [0.3, 0.4) is 0 Å². The molecule has 0 saturated heterocycles. The lowest BCUT2D eigenvalue weighted by atomic mass is 9.92. The third-order valence-corrected chi connectivity index (χ3v) is 9.10. The molecule has 0 unspecified atom stereocenters. The molecule has 0 bridgehead atoms. The van der Waals surface area contributed by atoms with E-state index in [2.05, 4.69) is 4.74 Å². The Morgan fingerprint density at radius 3 is 1.83 bits per heavy atom. The van der Waals surface area contributed by atoms with Gasteiger partial charge in [0.2, 0.25) is 0 Å². The Morgan fingerprint density at radius 2 is 1.32 bits per heavy atom. The molecule has 0 aromatic heterocycles. The molecule has 322 valence electrons. The van der Waals surface area contributed by atoms with Crippen molar-refractivity contribution in [3.63, 3.8) is 0 Å². The number of alkyl halides is 9. The number of halogens is 11. The van der Waals surface area contributed by atoms with E-state index in [4.69, 9.17) is 19.9 Å². The molecule has 0 aliphatic rings. The second-order valence-corrected chi connectivity index (χ2v) is 13.6. The average molecular weight is 869 g/mol. The maximum absolute atomic E-state index is 14.9. The van der Waals surface area contributed by atoms with E-state index in [1.807, 2.05) is 0 Å². The van der Waals surface area contributed by atoms with Crippen LogP contribution in [0.15, 0.2) is 72.8 Å². The molecule has 0 amide bonds. The van der Waals surface area contributed by atoms with Gasteiger partial charge in [-0.25, -0.2) is 9.18 Å². The zero-order chi connectivity index (χ0) is 43.3. The van der Waals surface area contributed by atoms with Crippen LogP contribution in [0.1, 0.15) is 71.7 Å². The average Bonchev–Trinajstić information content (AvgIpc) is 3.14. The van der Waals surface area contributed by atoms with Crippen LogP contribution < -0.4 is 32.9 Å². The Hall–Kier alpha value is -5.07. The van der Waals surface area contributed by atoms with E-state index in [9.17, 15) is 53.5 Å². The number of rotatable bonds is 13. The number of ether oxygens (including phenoxy) is 4. The Bertz CT molecular complexity index is 2060. The third-order valence-electron chi connectivity index (χ3n) is 9.10. The summed E-state index contributed by atoms with van der Waals surface area (Å²) in [6.45, 7) is 4.25. The van der Waals surface area contributed by atoms with Gasteiger partial charge in [-0.2, -0.15) is 39.5 Å². The lowest BCUT2D eigenvalue weighted by molar-refractivity contribution is -0.708. The fourth-order valence-electron chi connectivity index (χ4n) is 6.06. The van der Waals surface area contributed by atoms with E-state index >= 15 is 0 Å². The number of quaternary nitrogens is 1. The first kappa shape index (κ1) is 48.3. The molecular formula is C40H39ClF10N2O6. The van der Waals surface area contributed by atoms with Crippen LogP contribution in [0.25, 0.3) is 11.1 Å². The predicted molar refractivity (Wildman–Crippen MR) is 189 cm³/mol. The van der Waals surface area contributed by atoms with Crippen LogP contribution in [0, 0.1) is 5.82 Å². The van der Waals surface area contributed by atoms with Gasteiger partial charge in [0.1, 0.15) is 35.9 Å². The topological polar surface area (TPSA) is 114 Å². The highest BCUT2D eigenvalue weighted by Crippen LogP contribution is 2.41. The maximum Gasteiger partial charge on any atom is 0.514 e. The fraction of sp³-hybridized carbons (Fsp3) is 0.350. The van der Waals surface area contributed by atoms with Crippen molar-refractivity contribution in [2.45, 2.75) is 76.4 Å². The van der Waals surface area contributed by atoms with Crippen molar-refractivity contribution in [2.75, 3.05) is 14.2 Å². The largest absolute Gasteiger partial charge is 1.00 e. The number of benzene rings is 4. The Balaban J connectivity index is 0.00000930. The summed E-state index contributed by atoms with van der Waals surface area (Å²) in [4.78, 5) is 24.8. The van der Waals surface area contributed by atoms with E-state index in [-0.39, 0.29) is 64.6 Å². The summed E-state index contributed by atoms with van der Waals surface area (Å²) in [7, 11) is 2.38. The van der Waals surface area contributed by atoms with Gasteiger partial charge in [0, 0.05) is 17.2 Å². The van der Waals surface area contributed by atoms with Crippen LogP contribution in [0.2, 0.25) is 0 Å². The fourth-order valence-corrected chi connectivity index (χ4v) is 6.06. The summed E-state index contributed by atoms with van der Waals surface area (Å²) < 4.78 is 161. The minimum Gasteiger partial charge on any atom is -1.00 e. The monoisotopic (exact) mass is 868 g/mol. The number of esters is 1. The van der Waals surface area contributed by atoms with Gasteiger partial charge in [-0.1, -0.05) is 32.0 Å². The first-order chi connectivity index (χ1) is 26.9. The Labute approximate surface area is 338 Å². The quantitative estimate of drug-likeness (QED) is 0.0945. The zero-order valence-electron chi connectivity index (χ0n) is 31.9. The number of nitrogens with two attached hydrogens (primary N) is 2. The zero-order valence-corrected chi connectivity index (χ0v) is 32.7. The highest BCUT2D eigenvalue weighted by atomic mass is 35.5. The van der Waals surface area contributed by atoms with Gasteiger partial charge >= 0.3 is 30.7 Å². The van der Waals surface area contributed by atoms with Gasteiger partial charge in [-0.15, -0.1) is 0 Å². The van der Waals surface area contributed by atoms with E-state index in [1.54, 1.807) is 13.8 Å². The van der Waals surface area contributed by atoms with Crippen molar-refractivity contribution >= 4 is 12.1 Å². The molecule has 4 aromatic carbocycles. The molecule has 4 rings (SSSR count). The summed E-state index contributed by atoms with van der Waals surface area (Å²) in [5.74, 6) is -1.87. The SMILES string of the molecule is COC(=O)[C@@H](N)Cc1ccc(OC(=O)O[C@H](c2cc(C(F)(F)F)cc(C(F)(F)F)c2)[C@H](C)[NH2+]Cc2cc(C(F)(F)F)ccc2-c2cc(C(C)C)c(F)cc2OC)cc1.[Cl-]. The van der Waals surface area contributed by atoms with Crippen LogP contribution in [0.4, 0.5) is 48.7 Å². The summed E-state index contributed by atoms with van der Waals surface area (Å²) in [5.41, 5.74) is 1.56. The van der Waals surface area contributed by atoms with E-state index in [0.29, 0.717) is 17.7 Å². The third kappa shape index (κ3) is 12.5. The number of hydrogen-bond acceptors (Lipinski definition) is 7. The molecule has 4 N–H and O–H groups in total. The number of carbonyl (C=O) groups excluding carboxylic acids is 2. The van der Waals surface area contributed by atoms with Crippen molar-refractivity contribution in [1.29, 1.82) is 0 Å². The lowest BCUT2D eigenvalue weighted by Gasteiger charge is -2.25. The molecule has 4 aromatic rings. The highest BCUT2D eigenvalue weighted by molar-refractivity contribution is 5.76. The molecule has 59 heavy (non-hydrogen) atoms. The van der Waals surface area contributed by atoms with Crippen molar-refractivity contribution < 1.29 is 90.2 Å². The summed E-state index contributed by atoms with van der Waals surface area (Å²) in [6, 6.07) is 8.91. The van der Waals surface area contributed by atoms with Gasteiger partial charge in [0.05, 0.1) is 30.9 Å². The van der Waals surface area contributed by atoms with Crippen LogP contribution in [0.5, 0.6) is 11.5 Å². The van der Waals surface area contributed by atoms with Gasteiger partial charge in [0.15, 0.2) is 6.10 Å². The molecule has 0 radical (unpaired) electrons. The normalized spacial score (nSPS) is 13.6. The summed E-state index contributed by atoms with van der Waals surface area (Å²) >= 11 is 0. The molecule has 8 nitrogen and oxygen atoms in total. The van der Waals surface area contributed by atoms with Gasteiger partial charge < -0.3 is 42.4 Å². The van der Waals surface area contributed by atoms with Crippen molar-refractivity contribution in [2.24, 2.45) is 5.73 Å². The number of methoxy groups -OCH3 is 2.